The third-order valence-corrected chi connectivity index (χ3v) is 1.66. The molecule has 0 bridgehead atoms. The van der Waals surface area contributed by atoms with Crippen LogP contribution in [0.4, 0.5) is 0 Å². The van der Waals surface area contributed by atoms with Gasteiger partial charge in [0.15, 0.2) is 11.9 Å². The number of hydrogen-bond acceptors (Lipinski definition) is 6. The zero-order chi connectivity index (χ0) is 10.0. The third kappa shape index (κ3) is 1.58. The van der Waals surface area contributed by atoms with Crippen molar-refractivity contribution in [3.63, 3.8) is 0 Å². The van der Waals surface area contributed by atoms with Crippen LogP contribution >= 0.6 is 0 Å². The van der Waals surface area contributed by atoms with Gasteiger partial charge < -0.3 is 24.8 Å². The molecule has 0 saturated heterocycles. The molecule has 74 valence electrons. The number of esters is 1. The SMILES string of the molecule is COC1=C(O)[C@@H]([C@H](O)CO)OC1=O. The minimum absolute atomic E-state index is 0.336. The Kier molecular flexibility index (Phi) is 2.74. The fourth-order valence-electron chi connectivity index (χ4n) is 1.00. The molecule has 0 unspecified atom stereocenters. The molecular weight excluding hydrogens is 180 g/mol. The van der Waals surface area contributed by atoms with Crippen LogP contribution in [0.5, 0.6) is 0 Å². The molecule has 1 rings (SSSR count). The normalized spacial score (nSPS) is 24.5. The van der Waals surface area contributed by atoms with E-state index >= 15 is 0 Å². The molecule has 6 nitrogen and oxygen atoms in total. The van der Waals surface area contributed by atoms with Gasteiger partial charge in [0.25, 0.3) is 0 Å². The summed E-state index contributed by atoms with van der Waals surface area (Å²) in [5.74, 6) is -1.68. The summed E-state index contributed by atoms with van der Waals surface area (Å²) >= 11 is 0. The highest BCUT2D eigenvalue weighted by atomic mass is 16.6. The number of hydrogen-bond donors (Lipinski definition) is 3. The van der Waals surface area contributed by atoms with Crippen LogP contribution in [0.2, 0.25) is 0 Å². The van der Waals surface area contributed by atoms with Crippen molar-refractivity contribution in [1.29, 1.82) is 0 Å². The number of methoxy groups -OCH3 is 1. The summed E-state index contributed by atoms with van der Waals surface area (Å²) in [5, 5.41) is 26.9. The van der Waals surface area contributed by atoms with E-state index in [1.807, 2.05) is 0 Å². The molecule has 0 aromatic carbocycles. The lowest BCUT2D eigenvalue weighted by Gasteiger charge is -2.13. The molecule has 3 N–H and O–H groups in total. The van der Waals surface area contributed by atoms with Crippen molar-refractivity contribution in [3.8, 4) is 0 Å². The number of carbonyl (C=O) groups excluding carboxylic acids is 1. The molecule has 0 aliphatic carbocycles. The molecule has 0 aromatic heterocycles. The van der Waals surface area contributed by atoms with Gasteiger partial charge in [0.2, 0.25) is 5.76 Å². The molecule has 0 amide bonds. The van der Waals surface area contributed by atoms with Crippen LogP contribution in [-0.4, -0.2) is 47.2 Å². The van der Waals surface area contributed by atoms with Gasteiger partial charge in [-0.15, -0.1) is 0 Å². The Morgan fingerprint density at radius 1 is 1.69 bits per heavy atom. The summed E-state index contributed by atoms with van der Waals surface area (Å²) in [6.07, 6.45) is -2.57. The second-order valence-electron chi connectivity index (χ2n) is 2.49. The maximum atomic E-state index is 10.9. The first-order chi connectivity index (χ1) is 6.11. The Hall–Kier alpha value is -1.27. The summed E-state index contributed by atoms with van der Waals surface area (Å²) in [4.78, 5) is 10.9. The van der Waals surface area contributed by atoms with Crippen LogP contribution in [0.1, 0.15) is 0 Å². The largest absolute Gasteiger partial charge is 0.505 e. The number of cyclic esters (lactones) is 1. The molecule has 0 spiro atoms. The first-order valence-electron chi connectivity index (χ1n) is 3.58. The third-order valence-electron chi connectivity index (χ3n) is 1.66. The summed E-state index contributed by atoms with van der Waals surface area (Å²) in [6, 6.07) is 0. The summed E-state index contributed by atoms with van der Waals surface area (Å²) in [6.45, 7) is -0.612. The number of rotatable bonds is 3. The summed E-state index contributed by atoms with van der Waals surface area (Å²) in [7, 11) is 1.19. The van der Waals surface area contributed by atoms with E-state index in [1.54, 1.807) is 0 Å². The van der Waals surface area contributed by atoms with E-state index in [0.29, 0.717) is 0 Å². The van der Waals surface area contributed by atoms with Crippen molar-refractivity contribution in [2.24, 2.45) is 0 Å². The lowest BCUT2D eigenvalue weighted by atomic mass is 10.2. The van der Waals surface area contributed by atoms with Crippen LogP contribution < -0.4 is 0 Å². The van der Waals surface area contributed by atoms with Crippen LogP contribution in [0.3, 0.4) is 0 Å². The topological polar surface area (TPSA) is 96.2 Å². The number of aliphatic hydroxyl groups excluding tert-OH is 3. The molecule has 0 radical (unpaired) electrons. The number of carbonyl (C=O) groups is 1. The highest BCUT2D eigenvalue weighted by molar-refractivity contribution is 5.89. The molecule has 0 fully saturated rings. The number of ether oxygens (including phenoxy) is 2. The molecule has 0 aromatic rings. The molecule has 0 saturated carbocycles. The van der Waals surface area contributed by atoms with Gasteiger partial charge in [-0.1, -0.05) is 0 Å². The molecule has 13 heavy (non-hydrogen) atoms. The summed E-state index contributed by atoms with van der Waals surface area (Å²) < 4.78 is 9.05. The van der Waals surface area contributed by atoms with Crippen LogP contribution in [0.25, 0.3) is 0 Å². The Balaban J connectivity index is 2.84. The van der Waals surface area contributed by atoms with Gasteiger partial charge in [-0.2, -0.15) is 0 Å². The average molecular weight is 190 g/mol. The van der Waals surface area contributed by atoms with E-state index in [0.717, 1.165) is 0 Å². The second-order valence-corrected chi connectivity index (χ2v) is 2.49. The van der Waals surface area contributed by atoms with E-state index in [2.05, 4.69) is 9.47 Å². The fourth-order valence-corrected chi connectivity index (χ4v) is 1.00. The van der Waals surface area contributed by atoms with E-state index in [4.69, 9.17) is 10.2 Å². The molecule has 1 heterocycles. The zero-order valence-electron chi connectivity index (χ0n) is 6.93. The molecule has 2 atom stereocenters. The predicted octanol–water partition coefficient (Wildman–Crippen LogP) is -1.32. The molecule has 1 aliphatic rings. The molecular formula is C7H10O6. The zero-order valence-corrected chi connectivity index (χ0v) is 6.93. The Morgan fingerprint density at radius 3 is 2.69 bits per heavy atom. The molecule has 1 aliphatic heterocycles. The smallest absolute Gasteiger partial charge is 0.378 e. The lowest BCUT2D eigenvalue weighted by Crippen LogP contribution is -2.31. The van der Waals surface area contributed by atoms with Gasteiger partial charge in [-0.3, -0.25) is 0 Å². The Labute approximate surface area is 74.0 Å². The first kappa shape index (κ1) is 9.82. The minimum Gasteiger partial charge on any atom is -0.505 e. The van der Waals surface area contributed by atoms with E-state index in [1.165, 1.54) is 7.11 Å². The minimum atomic E-state index is -1.34. The summed E-state index contributed by atoms with van der Waals surface area (Å²) in [5.41, 5.74) is 0. The van der Waals surface area contributed by atoms with Crippen LogP contribution in [-0.2, 0) is 14.3 Å². The lowest BCUT2D eigenvalue weighted by molar-refractivity contribution is -0.148. The van der Waals surface area contributed by atoms with Crippen LogP contribution in [0, 0.1) is 0 Å². The van der Waals surface area contributed by atoms with Gasteiger partial charge in [0.05, 0.1) is 13.7 Å². The van der Waals surface area contributed by atoms with E-state index < -0.39 is 30.5 Å². The molecule has 6 heteroatoms. The van der Waals surface area contributed by atoms with Gasteiger partial charge in [0.1, 0.15) is 6.10 Å². The van der Waals surface area contributed by atoms with Crippen molar-refractivity contribution in [1.82, 2.24) is 0 Å². The predicted molar refractivity (Wildman–Crippen MR) is 39.6 cm³/mol. The van der Waals surface area contributed by atoms with Crippen molar-refractivity contribution in [3.05, 3.63) is 11.5 Å². The fraction of sp³-hybridized carbons (Fsp3) is 0.571. The quantitative estimate of drug-likeness (QED) is 0.478. The maximum Gasteiger partial charge on any atom is 0.378 e. The van der Waals surface area contributed by atoms with E-state index in [9.17, 15) is 9.90 Å². The first-order valence-corrected chi connectivity index (χ1v) is 3.58. The maximum absolute atomic E-state index is 10.9. The van der Waals surface area contributed by atoms with Crippen molar-refractivity contribution < 1.29 is 29.6 Å². The standard InChI is InChI=1S/C7H10O6/c1-12-6-4(10)5(3(9)2-8)13-7(6)11/h3,5,8-10H,2H2,1H3/t3-,5-/m1/s1. The Morgan fingerprint density at radius 2 is 2.31 bits per heavy atom. The highest BCUT2D eigenvalue weighted by Crippen LogP contribution is 2.23. The van der Waals surface area contributed by atoms with Gasteiger partial charge in [0, 0.05) is 0 Å². The van der Waals surface area contributed by atoms with Gasteiger partial charge in [-0.25, -0.2) is 4.79 Å². The van der Waals surface area contributed by atoms with Crippen molar-refractivity contribution >= 4 is 5.97 Å². The van der Waals surface area contributed by atoms with Crippen molar-refractivity contribution in [2.75, 3.05) is 13.7 Å². The van der Waals surface area contributed by atoms with Gasteiger partial charge in [-0.05, 0) is 0 Å². The second kappa shape index (κ2) is 3.63. The van der Waals surface area contributed by atoms with Gasteiger partial charge >= 0.3 is 5.97 Å². The Bertz CT molecular complexity index is 245. The monoisotopic (exact) mass is 190 g/mol. The van der Waals surface area contributed by atoms with Crippen LogP contribution in [0.15, 0.2) is 11.5 Å². The highest BCUT2D eigenvalue weighted by Gasteiger charge is 2.39. The number of aliphatic hydroxyl groups is 3. The van der Waals surface area contributed by atoms with Crippen molar-refractivity contribution in [2.45, 2.75) is 12.2 Å². The van der Waals surface area contributed by atoms with E-state index in [-0.39, 0.29) is 5.76 Å². The average Bonchev–Trinajstić information content (AvgIpc) is 2.40.